The van der Waals surface area contributed by atoms with Crippen LogP contribution in [0.4, 0.5) is 0 Å². The first-order valence-electron chi connectivity index (χ1n) is 13.8. The third-order valence-corrected chi connectivity index (χ3v) is 8.78. The van der Waals surface area contributed by atoms with Crippen LogP contribution in [0.5, 0.6) is 5.75 Å². The molecule has 3 aliphatic rings. The van der Waals surface area contributed by atoms with Gasteiger partial charge in [-0.2, -0.15) is 0 Å². The lowest BCUT2D eigenvalue weighted by Crippen LogP contribution is -2.55. The number of fused-ring (bicyclic) bond motifs is 4. The van der Waals surface area contributed by atoms with Crippen LogP contribution < -0.4 is 10.3 Å². The molecule has 8 heteroatoms. The van der Waals surface area contributed by atoms with Crippen LogP contribution in [0.1, 0.15) is 40.6 Å². The first-order valence-corrected chi connectivity index (χ1v) is 13.8. The zero-order valence-corrected chi connectivity index (χ0v) is 23.1. The van der Waals surface area contributed by atoms with E-state index in [1.165, 1.54) is 4.68 Å². The molecule has 2 unspecified atom stereocenters. The smallest absolute Gasteiger partial charge is 0.346 e. The number of carbonyl (C=O) groups is 1. The van der Waals surface area contributed by atoms with E-state index < -0.39 is 17.6 Å². The summed E-state index contributed by atoms with van der Waals surface area (Å²) in [5.41, 5.74) is 2.55. The Hall–Kier alpha value is -4.17. The number of hydrogen-bond acceptors (Lipinski definition) is 6. The van der Waals surface area contributed by atoms with E-state index in [1.54, 1.807) is 32.0 Å². The van der Waals surface area contributed by atoms with Crippen molar-refractivity contribution >= 4 is 16.9 Å². The summed E-state index contributed by atoms with van der Waals surface area (Å²) in [4.78, 5) is 34.6. The first kappa shape index (κ1) is 26.1. The van der Waals surface area contributed by atoms with Crippen molar-refractivity contribution in [2.45, 2.75) is 31.9 Å². The summed E-state index contributed by atoms with van der Waals surface area (Å²) in [5, 5.41) is 0.869. The minimum atomic E-state index is -0.617. The molecule has 5 atom stereocenters. The first-order chi connectivity index (χ1) is 19.4. The maximum absolute atomic E-state index is 14.0. The van der Waals surface area contributed by atoms with Gasteiger partial charge >= 0.3 is 5.97 Å². The van der Waals surface area contributed by atoms with Gasteiger partial charge in [-0.05, 0) is 74.5 Å². The number of piperidine rings is 3. The molecule has 2 aromatic carbocycles. The Morgan fingerprint density at radius 2 is 1.98 bits per heavy atom. The molecule has 3 saturated heterocycles. The lowest BCUT2D eigenvalue weighted by atomic mass is 9.73. The van der Waals surface area contributed by atoms with Crippen LogP contribution in [0.25, 0.3) is 16.6 Å². The minimum Gasteiger partial charge on any atom is -0.497 e. The Kier molecular flexibility index (Phi) is 6.80. The van der Waals surface area contributed by atoms with Gasteiger partial charge in [0.15, 0.2) is 0 Å². The highest BCUT2D eigenvalue weighted by molar-refractivity contribution is 5.91. The van der Waals surface area contributed by atoms with E-state index in [1.807, 2.05) is 54.6 Å². The van der Waals surface area contributed by atoms with Gasteiger partial charge in [-0.3, -0.25) is 19.4 Å². The van der Waals surface area contributed by atoms with Crippen molar-refractivity contribution < 1.29 is 14.3 Å². The van der Waals surface area contributed by atoms with Crippen LogP contribution in [0.3, 0.4) is 0 Å². The SMILES string of the molecule is C=C[C@H]1CN2CCC1C[C@H]2[C@H](OC(=O)c1c(C)n(C)n(-c2ccccc2)c1=O)c1ccnc2ccc(OC)cc12. The molecule has 3 fully saturated rings. The van der Waals surface area contributed by atoms with Crippen molar-refractivity contribution in [3.63, 3.8) is 0 Å². The van der Waals surface area contributed by atoms with Crippen LogP contribution >= 0.6 is 0 Å². The van der Waals surface area contributed by atoms with Crippen LogP contribution in [0.2, 0.25) is 0 Å². The van der Waals surface area contributed by atoms with Crippen molar-refractivity contribution in [3.8, 4) is 11.4 Å². The molecule has 2 aromatic heterocycles. The molecule has 0 amide bonds. The fraction of sp³-hybridized carbons (Fsp3) is 0.344. The zero-order chi connectivity index (χ0) is 28.0. The van der Waals surface area contributed by atoms with Gasteiger partial charge in [0.05, 0.1) is 30.0 Å². The number of carbonyl (C=O) groups excluding carboxylic acids is 1. The number of rotatable bonds is 7. The maximum atomic E-state index is 14.0. The van der Waals surface area contributed by atoms with E-state index in [-0.39, 0.29) is 11.6 Å². The molecule has 40 heavy (non-hydrogen) atoms. The average Bonchev–Trinajstić information content (AvgIpc) is 3.22. The normalized spacial score (nSPS) is 22.7. The molecule has 7 rings (SSSR count). The summed E-state index contributed by atoms with van der Waals surface area (Å²) in [7, 11) is 3.41. The molecule has 4 aromatic rings. The zero-order valence-electron chi connectivity index (χ0n) is 23.1. The van der Waals surface area contributed by atoms with Gasteiger partial charge in [0.2, 0.25) is 0 Å². The predicted octanol–water partition coefficient (Wildman–Crippen LogP) is 4.84. The summed E-state index contributed by atoms with van der Waals surface area (Å²) in [6.07, 6.45) is 5.19. The standard InChI is InChI=1S/C32H34N4O4/c1-5-21-19-35-16-14-22(21)17-28(35)30(25-13-15-33-27-12-11-24(39-4)18-26(25)27)40-32(38)29-20(2)34(3)36(31(29)37)23-9-7-6-8-10-23/h5-13,15,18,21-22,28,30H,1,14,16-17,19H2,2-4H3/t21-,22?,28-,30+/m0/s1. The van der Waals surface area contributed by atoms with Crippen molar-refractivity contribution in [1.82, 2.24) is 19.2 Å². The van der Waals surface area contributed by atoms with E-state index in [2.05, 4.69) is 22.5 Å². The van der Waals surface area contributed by atoms with Gasteiger partial charge in [0.25, 0.3) is 5.56 Å². The number of para-hydroxylation sites is 1. The number of hydrogen-bond donors (Lipinski definition) is 0. The number of benzene rings is 2. The summed E-state index contributed by atoms with van der Waals surface area (Å²) >= 11 is 0. The van der Waals surface area contributed by atoms with Crippen LogP contribution in [0, 0.1) is 18.8 Å². The van der Waals surface area contributed by atoms with Crippen molar-refractivity contribution in [1.29, 1.82) is 0 Å². The highest BCUT2D eigenvalue weighted by Crippen LogP contribution is 2.44. The van der Waals surface area contributed by atoms with E-state index in [9.17, 15) is 9.59 Å². The van der Waals surface area contributed by atoms with Crippen molar-refractivity contribution in [2.24, 2.45) is 18.9 Å². The minimum absolute atomic E-state index is 0.0314. The highest BCUT2D eigenvalue weighted by atomic mass is 16.5. The van der Waals surface area contributed by atoms with Gasteiger partial charge in [0.1, 0.15) is 17.4 Å². The largest absolute Gasteiger partial charge is 0.497 e. The molecule has 3 aliphatic heterocycles. The van der Waals surface area contributed by atoms with E-state index in [0.29, 0.717) is 29.0 Å². The van der Waals surface area contributed by atoms with E-state index >= 15 is 0 Å². The Bertz CT molecular complexity index is 1640. The third kappa shape index (κ3) is 4.32. The summed E-state index contributed by atoms with van der Waals surface area (Å²) < 4.78 is 15.2. The third-order valence-electron chi connectivity index (χ3n) is 8.78. The van der Waals surface area contributed by atoms with Gasteiger partial charge in [-0.1, -0.05) is 24.3 Å². The Morgan fingerprint density at radius 3 is 2.67 bits per heavy atom. The topological polar surface area (TPSA) is 78.6 Å². The highest BCUT2D eigenvalue weighted by Gasteiger charge is 2.44. The monoisotopic (exact) mass is 538 g/mol. The summed E-state index contributed by atoms with van der Waals surface area (Å²) in [6, 6.07) is 16.9. The van der Waals surface area contributed by atoms with Crippen molar-refractivity contribution in [3.05, 3.63) is 101 Å². The molecule has 0 spiro atoms. The maximum Gasteiger partial charge on any atom is 0.346 e. The van der Waals surface area contributed by atoms with Gasteiger partial charge in [0, 0.05) is 30.7 Å². The molecule has 8 nitrogen and oxygen atoms in total. The molecule has 0 saturated carbocycles. The molecule has 0 N–H and O–H groups in total. The van der Waals surface area contributed by atoms with Gasteiger partial charge < -0.3 is 9.47 Å². The average molecular weight is 539 g/mol. The Balaban J connectivity index is 1.44. The summed E-state index contributed by atoms with van der Waals surface area (Å²) in [5.74, 6) is 0.984. The lowest BCUT2D eigenvalue weighted by molar-refractivity contribution is -0.0568. The molecule has 0 aliphatic carbocycles. The number of methoxy groups -OCH3 is 1. The molecular weight excluding hydrogens is 504 g/mol. The van der Waals surface area contributed by atoms with Crippen molar-refractivity contribution in [2.75, 3.05) is 20.2 Å². The molecule has 5 heterocycles. The molecular formula is C32H34N4O4. The van der Waals surface area contributed by atoms with E-state index in [0.717, 1.165) is 42.4 Å². The van der Waals surface area contributed by atoms with Gasteiger partial charge in [-0.15, -0.1) is 6.58 Å². The van der Waals surface area contributed by atoms with Crippen LogP contribution in [0.15, 0.2) is 78.2 Å². The fourth-order valence-electron chi connectivity index (χ4n) is 6.54. The fourth-order valence-corrected chi connectivity index (χ4v) is 6.54. The number of pyridine rings is 1. The second-order valence-corrected chi connectivity index (χ2v) is 10.8. The number of aromatic nitrogens is 3. The summed E-state index contributed by atoms with van der Waals surface area (Å²) in [6.45, 7) is 7.65. The molecule has 206 valence electrons. The van der Waals surface area contributed by atoms with E-state index in [4.69, 9.17) is 9.47 Å². The molecule has 0 radical (unpaired) electrons. The Labute approximate surface area is 233 Å². The number of esters is 1. The molecule has 2 bridgehead atoms. The van der Waals surface area contributed by atoms with Gasteiger partial charge in [-0.25, -0.2) is 9.48 Å². The van der Waals surface area contributed by atoms with Crippen LogP contribution in [-0.4, -0.2) is 51.5 Å². The second-order valence-electron chi connectivity index (χ2n) is 10.8. The quantitative estimate of drug-likeness (QED) is 0.248. The predicted molar refractivity (Wildman–Crippen MR) is 154 cm³/mol. The second kappa shape index (κ2) is 10.4. The number of ether oxygens (including phenoxy) is 2. The van der Waals surface area contributed by atoms with Crippen LogP contribution in [-0.2, 0) is 11.8 Å². The number of nitrogens with zero attached hydrogens (tertiary/aromatic N) is 4. The lowest BCUT2D eigenvalue weighted by Gasteiger charge is -2.51. The Morgan fingerprint density at radius 1 is 1.18 bits per heavy atom.